The number of carbonyl (C=O) groups is 1. The Morgan fingerprint density at radius 3 is 2.24 bits per heavy atom. The zero-order valence-corrected chi connectivity index (χ0v) is 9.86. The molecule has 0 unspecified atom stereocenters. The number of ether oxygens (including phenoxy) is 1. The number of aliphatic hydroxyl groups is 3. The van der Waals surface area contributed by atoms with E-state index < -0.39 is 45.1 Å². The lowest BCUT2D eigenvalue weighted by molar-refractivity contribution is -0.146. The largest absolute Gasteiger partial charge is 0.469 e. The van der Waals surface area contributed by atoms with E-state index in [-0.39, 0.29) is 0 Å². The van der Waals surface area contributed by atoms with Gasteiger partial charge >= 0.3 is 7.82 Å². The third-order valence-electron chi connectivity index (χ3n) is 1.84. The van der Waals surface area contributed by atoms with E-state index in [0.29, 0.717) is 0 Å². The highest BCUT2D eigenvalue weighted by Crippen LogP contribution is 2.35. The predicted octanol–water partition coefficient (Wildman–Crippen LogP) is -2.61. The van der Waals surface area contributed by atoms with Crippen LogP contribution in [0, 0.1) is 0 Å². The van der Waals surface area contributed by atoms with Gasteiger partial charge in [0.15, 0.2) is 5.78 Å². The number of methoxy groups -OCH3 is 1. The summed E-state index contributed by atoms with van der Waals surface area (Å²) < 4.78 is 18.8. The van der Waals surface area contributed by atoms with Crippen LogP contribution >= 0.6 is 7.82 Å². The molecule has 0 aliphatic rings. The molecule has 10 heteroatoms. The number of phosphoric ester groups is 1. The van der Waals surface area contributed by atoms with Crippen LogP contribution in [0.15, 0.2) is 0 Å². The normalized spacial score (nSPS) is 17.5. The van der Waals surface area contributed by atoms with E-state index in [1.54, 1.807) is 0 Å². The number of aliphatic hydroxyl groups excluding tert-OH is 3. The fourth-order valence-corrected chi connectivity index (χ4v) is 1.37. The number of hydrogen-bond acceptors (Lipinski definition) is 7. The van der Waals surface area contributed by atoms with Gasteiger partial charge in [-0.2, -0.15) is 0 Å². The number of carbonyl (C=O) groups excluding carboxylic acids is 1. The Bertz CT molecular complexity index is 287. The van der Waals surface area contributed by atoms with Crippen LogP contribution in [0.4, 0.5) is 0 Å². The van der Waals surface area contributed by atoms with Crippen molar-refractivity contribution in [1.29, 1.82) is 0 Å². The summed E-state index contributed by atoms with van der Waals surface area (Å²) in [6.45, 7) is -1.79. The van der Waals surface area contributed by atoms with Crippen LogP contribution in [0.2, 0.25) is 0 Å². The zero-order chi connectivity index (χ0) is 13.6. The molecule has 0 bridgehead atoms. The van der Waals surface area contributed by atoms with E-state index in [0.717, 1.165) is 7.11 Å². The molecule has 0 spiro atoms. The monoisotopic (exact) mass is 274 g/mol. The van der Waals surface area contributed by atoms with Crippen LogP contribution in [0.5, 0.6) is 0 Å². The van der Waals surface area contributed by atoms with Crippen molar-refractivity contribution in [3.8, 4) is 0 Å². The summed E-state index contributed by atoms with van der Waals surface area (Å²) in [6, 6.07) is 0. The molecule has 0 aromatic heterocycles. The van der Waals surface area contributed by atoms with Gasteiger partial charge in [-0.25, -0.2) is 4.57 Å². The van der Waals surface area contributed by atoms with Crippen molar-refractivity contribution in [3.63, 3.8) is 0 Å². The van der Waals surface area contributed by atoms with Crippen LogP contribution in [-0.4, -0.2) is 69.5 Å². The van der Waals surface area contributed by atoms with E-state index in [4.69, 9.17) is 14.9 Å². The number of ketones is 1. The Kier molecular flexibility index (Phi) is 6.98. The van der Waals surface area contributed by atoms with Crippen molar-refractivity contribution in [2.24, 2.45) is 0 Å². The molecule has 0 aromatic rings. The van der Waals surface area contributed by atoms with Crippen LogP contribution in [0.1, 0.15) is 0 Å². The summed E-state index contributed by atoms with van der Waals surface area (Å²) in [6.07, 6.45) is -5.02. The highest BCUT2D eigenvalue weighted by atomic mass is 31.2. The molecule has 3 atom stereocenters. The van der Waals surface area contributed by atoms with Crippen molar-refractivity contribution < 1.29 is 43.7 Å². The Morgan fingerprint density at radius 2 is 1.88 bits per heavy atom. The van der Waals surface area contributed by atoms with Gasteiger partial charge in [-0.05, 0) is 0 Å². The van der Waals surface area contributed by atoms with Crippen LogP contribution in [-0.2, 0) is 18.6 Å². The molecule has 5 N–H and O–H groups in total. The lowest BCUT2D eigenvalue weighted by atomic mass is 10.1. The van der Waals surface area contributed by atoms with Gasteiger partial charge in [0, 0.05) is 7.11 Å². The first-order valence-electron chi connectivity index (χ1n) is 4.45. The third kappa shape index (κ3) is 6.20. The molecule has 0 saturated carbocycles. The summed E-state index contributed by atoms with van der Waals surface area (Å²) in [5, 5.41) is 27.3. The van der Waals surface area contributed by atoms with Crippen LogP contribution < -0.4 is 0 Å². The first-order valence-corrected chi connectivity index (χ1v) is 5.98. The molecule has 0 amide bonds. The van der Waals surface area contributed by atoms with Gasteiger partial charge in [-0.3, -0.25) is 9.32 Å². The van der Waals surface area contributed by atoms with Crippen molar-refractivity contribution in [3.05, 3.63) is 0 Å². The summed E-state index contributed by atoms with van der Waals surface area (Å²) in [5.41, 5.74) is 0. The first kappa shape index (κ1) is 16.6. The maximum Gasteiger partial charge on any atom is 0.469 e. The standard InChI is InChI=1S/C7H15O9P/c1-15-7(4(9)2-8)6(11)5(10)3-16-17(12,13)14/h5-8,10-11H,2-3H2,1H3,(H2,12,13,14)/t5-,6-,7-/m1/s1. The Balaban J connectivity index is 4.41. The van der Waals surface area contributed by atoms with Gasteiger partial charge in [-0.1, -0.05) is 0 Å². The molecule has 0 rings (SSSR count). The molecule has 102 valence electrons. The zero-order valence-electron chi connectivity index (χ0n) is 8.96. The minimum absolute atomic E-state index is 0.879. The lowest BCUT2D eigenvalue weighted by Crippen LogP contribution is -2.46. The maximum atomic E-state index is 11.0. The van der Waals surface area contributed by atoms with Gasteiger partial charge in [0.1, 0.15) is 24.9 Å². The number of hydrogen-bond donors (Lipinski definition) is 5. The molecular formula is C7H15O9P. The van der Waals surface area contributed by atoms with Crippen molar-refractivity contribution in [2.75, 3.05) is 20.3 Å². The average Bonchev–Trinajstić information content (AvgIpc) is 2.25. The maximum absolute atomic E-state index is 11.0. The van der Waals surface area contributed by atoms with Gasteiger partial charge in [0.2, 0.25) is 0 Å². The van der Waals surface area contributed by atoms with Gasteiger partial charge in [0.25, 0.3) is 0 Å². The topological polar surface area (TPSA) is 154 Å². The van der Waals surface area contributed by atoms with Crippen molar-refractivity contribution in [2.45, 2.75) is 18.3 Å². The number of phosphoric acid groups is 1. The van der Waals surface area contributed by atoms with Gasteiger partial charge < -0.3 is 29.8 Å². The van der Waals surface area contributed by atoms with Gasteiger partial charge in [-0.15, -0.1) is 0 Å². The average molecular weight is 274 g/mol. The minimum atomic E-state index is -4.77. The predicted molar refractivity (Wildman–Crippen MR) is 52.9 cm³/mol. The van der Waals surface area contributed by atoms with E-state index in [9.17, 15) is 19.6 Å². The van der Waals surface area contributed by atoms with Crippen LogP contribution in [0.3, 0.4) is 0 Å². The molecule has 17 heavy (non-hydrogen) atoms. The molecule has 0 saturated heterocycles. The summed E-state index contributed by atoms with van der Waals surface area (Å²) in [7, 11) is -3.71. The van der Waals surface area contributed by atoms with E-state index >= 15 is 0 Å². The Labute approximate surface area is 96.8 Å². The SMILES string of the molecule is CO[C@H](C(=O)CO)[C@H](O)[C@H](O)COP(=O)(O)O. The van der Waals surface area contributed by atoms with E-state index in [1.807, 2.05) is 0 Å². The molecule has 0 heterocycles. The first-order chi connectivity index (χ1) is 7.72. The third-order valence-corrected chi connectivity index (χ3v) is 2.33. The lowest BCUT2D eigenvalue weighted by Gasteiger charge is -2.24. The summed E-state index contributed by atoms with van der Waals surface area (Å²) in [4.78, 5) is 27.8. The van der Waals surface area contributed by atoms with Crippen LogP contribution in [0.25, 0.3) is 0 Å². The quantitative estimate of drug-likeness (QED) is 0.299. The number of rotatable bonds is 8. The molecule has 9 nitrogen and oxygen atoms in total. The highest BCUT2D eigenvalue weighted by molar-refractivity contribution is 7.46. The Morgan fingerprint density at radius 1 is 1.35 bits per heavy atom. The van der Waals surface area contributed by atoms with Gasteiger partial charge in [0.05, 0.1) is 6.61 Å². The highest BCUT2D eigenvalue weighted by Gasteiger charge is 2.32. The summed E-state index contributed by atoms with van der Waals surface area (Å²) >= 11 is 0. The molecule has 0 aliphatic carbocycles. The Hall–Kier alpha value is -0.380. The van der Waals surface area contributed by atoms with Crippen molar-refractivity contribution >= 4 is 13.6 Å². The number of Topliss-reactive ketones (excluding diaryl/α,β-unsaturated/α-hetero) is 1. The fourth-order valence-electron chi connectivity index (χ4n) is 1.03. The smallest absolute Gasteiger partial charge is 0.388 e. The second-order valence-corrected chi connectivity index (χ2v) is 4.36. The minimum Gasteiger partial charge on any atom is -0.388 e. The molecule has 0 aliphatic heterocycles. The van der Waals surface area contributed by atoms with Crippen molar-refractivity contribution in [1.82, 2.24) is 0 Å². The van der Waals surface area contributed by atoms with E-state index in [1.165, 1.54) is 0 Å². The van der Waals surface area contributed by atoms with E-state index in [2.05, 4.69) is 9.26 Å². The second kappa shape index (κ2) is 7.14. The molecule has 0 fully saturated rings. The molecule has 0 radical (unpaired) electrons. The summed E-state index contributed by atoms with van der Waals surface area (Å²) in [5.74, 6) is -0.879. The second-order valence-electron chi connectivity index (χ2n) is 3.13. The molecular weight excluding hydrogens is 259 g/mol. The fraction of sp³-hybridized carbons (Fsp3) is 0.857. The molecule has 0 aromatic carbocycles.